The molecule has 2 rings (SSSR count). The molecule has 16 heavy (non-hydrogen) atoms. The Hall–Kier alpha value is -1.46. The molecule has 1 amide bonds. The predicted molar refractivity (Wildman–Crippen MR) is 62.5 cm³/mol. The van der Waals surface area contributed by atoms with Crippen LogP contribution in [0.15, 0.2) is 30.5 Å². The van der Waals surface area contributed by atoms with Gasteiger partial charge in [0.1, 0.15) is 4.88 Å². The number of benzene rings is 1. The highest BCUT2D eigenvalue weighted by atomic mass is 35.5. The Morgan fingerprint density at radius 2 is 2.12 bits per heavy atom. The number of nitrogens with zero attached hydrogens (tertiary/aromatic N) is 2. The number of hydrogen-bond acceptors (Lipinski definition) is 4. The maximum Gasteiger partial charge on any atom is 0.264 e. The summed E-state index contributed by atoms with van der Waals surface area (Å²) in [7, 11) is 0. The highest BCUT2D eigenvalue weighted by molar-refractivity contribution is 7.07. The lowest BCUT2D eigenvalue weighted by molar-refractivity contribution is 0.0955. The van der Waals surface area contributed by atoms with Crippen molar-refractivity contribution in [3.8, 4) is 0 Å². The summed E-state index contributed by atoms with van der Waals surface area (Å²) in [5.41, 5.74) is 0.996. The van der Waals surface area contributed by atoms with Crippen molar-refractivity contribution < 1.29 is 4.79 Å². The smallest absolute Gasteiger partial charge is 0.264 e. The number of amides is 1. The number of aromatic nitrogens is 2. The topological polar surface area (TPSA) is 54.9 Å². The van der Waals surface area contributed by atoms with E-state index in [1.54, 1.807) is 12.1 Å². The standard InChI is InChI=1S/C10H8ClN3OS/c11-8-3-1-7(2-4-8)5-12-10(15)9-6-13-14-16-9/h1-4,6H,5H2,(H,12,15). The fraction of sp³-hybridized carbons (Fsp3) is 0.100. The van der Waals surface area contributed by atoms with Gasteiger partial charge in [0.2, 0.25) is 0 Å². The third-order valence-electron chi connectivity index (χ3n) is 1.95. The molecule has 4 nitrogen and oxygen atoms in total. The Balaban J connectivity index is 1.93. The first-order valence-corrected chi connectivity index (χ1v) is 5.71. The SMILES string of the molecule is O=C(NCc1ccc(Cl)cc1)c1cnns1. The van der Waals surface area contributed by atoms with Gasteiger partial charge in [0.05, 0.1) is 6.20 Å². The molecule has 82 valence electrons. The summed E-state index contributed by atoms with van der Waals surface area (Å²) in [5.74, 6) is -0.162. The van der Waals surface area contributed by atoms with E-state index in [-0.39, 0.29) is 5.91 Å². The molecule has 1 aromatic heterocycles. The quantitative estimate of drug-likeness (QED) is 0.912. The Morgan fingerprint density at radius 3 is 2.75 bits per heavy atom. The van der Waals surface area contributed by atoms with Gasteiger partial charge in [-0.1, -0.05) is 28.2 Å². The molecule has 0 aliphatic rings. The van der Waals surface area contributed by atoms with Gasteiger partial charge in [-0.15, -0.1) is 5.10 Å². The number of nitrogens with one attached hydrogen (secondary N) is 1. The average Bonchev–Trinajstić information content (AvgIpc) is 2.81. The van der Waals surface area contributed by atoms with E-state index in [0.29, 0.717) is 16.4 Å². The molecule has 0 fully saturated rings. The van der Waals surface area contributed by atoms with Crippen LogP contribution in [-0.4, -0.2) is 15.5 Å². The van der Waals surface area contributed by atoms with Crippen LogP contribution in [0.3, 0.4) is 0 Å². The highest BCUT2D eigenvalue weighted by Gasteiger charge is 2.07. The van der Waals surface area contributed by atoms with Crippen molar-refractivity contribution in [3.63, 3.8) is 0 Å². The number of halogens is 1. The molecule has 6 heteroatoms. The Morgan fingerprint density at radius 1 is 1.38 bits per heavy atom. The number of hydrogen-bond donors (Lipinski definition) is 1. The van der Waals surface area contributed by atoms with Crippen LogP contribution in [0.5, 0.6) is 0 Å². The molecule has 0 aliphatic heterocycles. The Kier molecular flexibility index (Phi) is 3.48. The average molecular weight is 254 g/mol. The van der Waals surface area contributed by atoms with Gasteiger partial charge in [-0.05, 0) is 29.2 Å². The second-order valence-electron chi connectivity index (χ2n) is 3.09. The molecule has 0 unspecified atom stereocenters. The van der Waals surface area contributed by atoms with E-state index in [1.165, 1.54) is 6.20 Å². The number of carbonyl (C=O) groups excluding carboxylic acids is 1. The molecule has 0 saturated heterocycles. The summed E-state index contributed by atoms with van der Waals surface area (Å²) in [6.45, 7) is 0.466. The van der Waals surface area contributed by atoms with Crippen molar-refractivity contribution in [1.29, 1.82) is 0 Å². The second kappa shape index (κ2) is 5.05. The monoisotopic (exact) mass is 253 g/mol. The first-order chi connectivity index (χ1) is 7.75. The van der Waals surface area contributed by atoms with Crippen molar-refractivity contribution in [3.05, 3.63) is 45.9 Å². The summed E-state index contributed by atoms with van der Waals surface area (Å²) in [6.07, 6.45) is 1.45. The first kappa shape index (κ1) is 11.0. The summed E-state index contributed by atoms with van der Waals surface area (Å²) in [4.78, 5) is 12.0. The van der Waals surface area contributed by atoms with Crippen molar-refractivity contribution >= 4 is 29.0 Å². The van der Waals surface area contributed by atoms with Crippen LogP contribution in [0.1, 0.15) is 15.2 Å². The minimum Gasteiger partial charge on any atom is -0.347 e. The molecule has 0 bridgehead atoms. The van der Waals surface area contributed by atoms with E-state index in [2.05, 4.69) is 14.9 Å². The van der Waals surface area contributed by atoms with Crippen molar-refractivity contribution in [2.24, 2.45) is 0 Å². The molecule has 1 aromatic carbocycles. The molecule has 0 saturated carbocycles. The number of rotatable bonds is 3. The summed E-state index contributed by atoms with van der Waals surface area (Å²) in [5, 5.41) is 7.05. The van der Waals surface area contributed by atoms with Crippen LogP contribution in [0.2, 0.25) is 5.02 Å². The second-order valence-corrected chi connectivity index (χ2v) is 4.31. The van der Waals surface area contributed by atoms with Crippen LogP contribution in [0.4, 0.5) is 0 Å². The van der Waals surface area contributed by atoms with E-state index in [9.17, 15) is 4.79 Å². The third-order valence-corrected chi connectivity index (χ3v) is 2.87. The van der Waals surface area contributed by atoms with E-state index >= 15 is 0 Å². The van der Waals surface area contributed by atoms with Crippen LogP contribution in [0.25, 0.3) is 0 Å². The van der Waals surface area contributed by atoms with E-state index in [1.807, 2.05) is 12.1 Å². The van der Waals surface area contributed by atoms with Gasteiger partial charge in [-0.2, -0.15) is 0 Å². The molecule has 2 aromatic rings. The maximum atomic E-state index is 11.5. The van der Waals surface area contributed by atoms with Crippen LogP contribution in [-0.2, 0) is 6.54 Å². The van der Waals surface area contributed by atoms with Gasteiger partial charge in [0.25, 0.3) is 5.91 Å². The molecule has 1 N–H and O–H groups in total. The normalized spacial score (nSPS) is 10.1. The van der Waals surface area contributed by atoms with E-state index < -0.39 is 0 Å². The highest BCUT2D eigenvalue weighted by Crippen LogP contribution is 2.09. The summed E-state index contributed by atoms with van der Waals surface area (Å²) in [6, 6.07) is 7.32. The van der Waals surface area contributed by atoms with Gasteiger partial charge in [0, 0.05) is 11.6 Å². The van der Waals surface area contributed by atoms with Crippen LogP contribution >= 0.6 is 23.1 Å². The van der Waals surface area contributed by atoms with Gasteiger partial charge in [-0.25, -0.2) is 0 Å². The molecule has 0 radical (unpaired) electrons. The van der Waals surface area contributed by atoms with Gasteiger partial charge in [0.15, 0.2) is 0 Å². The molecular formula is C10H8ClN3OS. The van der Waals surface area contributed by atoms with Crippen molar-refractivity contribution in [2.75, 3.05) is 0 Å². The maximum absolute atomic E-state index is 11.5. The third kappa shape index (κ3) is 2.77. The Bertz CT molecular complexity index is 469. The summed E-state index contributed by atoms with van der Waals surface area (Å²) >= 11 is 6.83. The van der Waals surface area contributed by atoms with Crippen LogP contribution < -0.4 is 5.32 Å². The fourth-order valence-corrected chi connectivity index (χ4v) is 1.70. The molecule has 0 spiro atoms. The molecule has 1 heterocycles. The number of carbonyl (C=O) groups is 1. The Labute approximate surface area is 101 Å². The zero-order valence-electron chi connectivity index (χ0n) is 8.18. The first-order valence-electron chi connectivity index (χ1n) is 4.56. The molecular weight excluding hydrogens is 246 g/mol. The van der Waals surface area contributed by atoms with Gasteiger partial charge in [-0.3, -0.25) is 4.79 Å². The lowest BCUT2D eigenvalue weighted by Crippen LogP contribution is -2.21. The molecule has 0 aliphatic carbocycles. The van der Waals surface area contributed by atoms with Gasteiger partial charge < -0.3 is 5.32 Å². The fourth-order valence-electron chi connectivity index (χ4n) is 1.14. The minimum absolute atomic E-state index is 0.162. The predicted octanol–water partition coefficient (Wildman–Crippen LogP) is 2.12. The zero-order valence-corrected chi connectivity index (χ0v) is 9.76. The lowest BCUT2D eigenvalue weighted by Gasteiger charge is -2.02. The lowest BCUT2D eigenvalue weighted by atomic mass is 10.2. The minimum atomic E-state index is -0.162. The van der Waals surface area contributed by atoms with Crippen molar-refractivity contribution in [2.45, 2.75) is 6.54 Å². The summed E-state index contributed by atoms with van der Waals surface area (Å²) < 4.78 is 3.62. The van der Waals surface area contributed by atoms with E-state index in [0.717, 1.165) is 17.1 Å². The van der Waals surface area contributed by atoms with Crippen LogP contribution in [0, 0.1) is 0 Å². The van der Waals surface area contributed by atoms with E-state index in [4.69, 9.17) is 11.6 Å². The zero-order chi connectivity index (χ0) is 11.4. The largest absolute Gasteiger partial charge is 0.347 e. The molecule has 0 atom stereocenters. The van der Waals surface area contributed by atoms with Crippen molar-refractivity contribution in [1.82, 2.24) is 14.9 Å². The van der Waals surface area contributed by atoms with Gasteiger partial charge >= 0.3 is 0 Å².